The van der Waals surface area contributed by atoms with Gasteiger partial charge in [0.25, 0.3) is 0 Å². The number of nitrogens with zero attached hydrogens (tertiary/aromatic N) is 3. The molecule has 0 atom stereocenters. The van der Waals surface area contributed by atoms with Gasteiger partial charge in [-0.2, -0.15) is 8.42 Å². The lowest BCUT2D eigenvalue weighted by Crippen LogP contribution is -2.49. The van der Waals surface area contributed by atoms with Crippen molar-refractivity contribution in [3.05, 3.63) is 58.9 Å². The van der Waals surface area contributed by atoms with Gasteiger partial charge >= 0.3 is 10.2 Å². The average molecular weight is 438 g/mol. The van der Waals surface area contributed by atoms with Gasteiger partial charge in [0.2, 0.25) is 5.91 Å². The molecule has 2 aliphatic rings. The molecule has 6 nitrogen and oxygen atoms in total. The Kier molecular flexibility index (Phi) is 5.16. The van der Waals surface area contributed by atoms with Crippen LogP contribution in [0.5, 0.6) is 0 Å². The summed E-state index contributed by atoms with van der Waals surface area (Å²) in [6, 6.07) is 11.3. The molecular weight excluding hydrogens is 417 g/mol. The van der Waals surface area contributed by atoms with E-state index in [4.69, 9.17) is 11.6 Å². The third-order valence-electron chi connectivity index (χ3n) is 5.59. The molecule has 9 heteroatoms. The SMILES string of the molecule is CN1c2ccccc2N(C2CCN(C(=O)Cc3c(F)cccc3Cl)CC2)S1(=O)=O. The van der Waals surface area contributed by atoms with Crippen LogP contribution in [0.4, 0.5) is 15.8 Å². The Balaban J connectivity index is 1.47. The molecule has 0 aliphatic carbocycles. The first-order valence-electron chi connectivity index (χ1n) is 9.38. The Morgan fingerprint density at radius 1 is 1.10 bits per heavy atom. The fraction of sp³-hybridized carbons (Fsp3) is 0.350. The van der Waals surface area contributed by atoms with Crippen LogP contribution in [0, 0.1) is 5.82 Å². The van der Waals surface area contributed by atoms with Crippen molar-refractivity contribution < 1.29 is 17.6 Å². The maximum atomic E-state index is 14.0. The molecular formula is C20H21ClFN3O3S. The zero-order chi connectivity index (χ0) is 20.8. The molecule has 4 rings (SSSR count). The Hall–Kier alpha value is -2.32. The largest absolute Gasteiger partial charge is 0.342 e. The third-order valence-corrected chi connectivity index (χ3v) is 7.83. The van der Waals surface area contributed by atoms with Crippen LogP contribution in [0.15, 0.2) is 42.5 Å². The van der Waals surface area contributed by atoms with Gasteiger partial charge in [0.1, 0.15) is 5.82 Å². The third kappa shape index (κ3) is 3.44. The Bertz CT molecular complexity index is 1030. The number of carbonyl (C=O) groups is 1. The van der Waals surface area contributed by atoms with Gasteiger partial charge in [-0.25, -0.2) is 8.70 Å². The fourth-order valence-electron chi connectivity index (χ4n) is 4.00. The summed E-state index contributed by atoms with van der Waals surface area (Å²) in [5.74, 6) is -0.708. The molecule has 2 heterocycles. The molecule has 2 aliphatic heterocycles. The van der Waals surface area contributed by atoms with Crippen molar-refractivity contribution in [1.29, 1.82) is 0 Å². The van der Waals surface area contributed by atoms with Crippen LogP contribution < -0.4 is 8.61 Å². The molecule has 0 bridgehead atoms. The van der Waals surface area contributed by atoms with E-state index in [9.17, 15) is 17.6 Å². The van der Waals surface area contributed by atoms with E-state index in [1.807, 2.05) is 12.1 Å². The zero-order valence-electron chi connectivity index (χ0n) is 15.9. The second-order valence-electron chi connectivity index (χ2n) is 7.25. The summed E-state index contributed by atoms with van der Waals surface area (Å²) >= 11 is 6.03. The number of amides is 1. The number of carbonyl (C=O) groups excluding carboxylic acids is 1. The Morgan fingerprint density at radius 2 is 1.76 bits per heavy atom. The number of fused-ring (bicyclic) bond motifs is 1. The topological polar surface area (TPSA) is 60.9 Å². The van der Waals surface area contributed by atoms with E-state index in [2.05, 4.69) is 0 Å². The van der Waals surface area contributed by atoms with E-state index >= 15 is 0 Å². The van der Waals surface area contributed by atoms with Crippen molar-refractivity contribution in [2.75, 3.05) is 28.7 Å². The van der Waals surface area contributed by atoms with Crippen LogP contribution in [-0.2, 0) is 21.4 Å². The molecule has 154 valence electrons. The molecule has 0 unspecified atom stereocenters. The highest BCUT2D eigenvalue weighted by Gasteiger charge is 2.43. The van der Waals surface area contributed by atoms with Crippen LogP contribution in [0.3, 0.4) is 0 Å². The smallest absolute Gasteiger partial charge is 0.326 e. The van der Waals surface area contributed by atoms with Gasteiger partial charge in [0, 0.05) is 30.7 Å². The molecule has 1 saturated heterocycles. The van der Waals surface area contributed by atoms with Crippen molar-refractivity contribution in [2.45, 2.75) is 25.3 Å². The van der Waals surface area contributed by atoms with Crippen LogP contribution in [0.2, 0.25) is 5.02 Å². The number of likely N-dealkylation sites (tertiary alicyclic amines) is 1. The molecule has 0 radical (unpaired) electrons. The highest BCUT2D eigenvalue weighted by Crippen LogP contribution is 2.42. The molecule has 0 spiro atoms. The lowest BCUT2D eigenvalue weighted by Gasteiger charge is -2.37. The highest BCUT2D eigenvalue weighted by atomic mass is 35.5. The zero-order valence-corrected chi connectivity index (χ0v) is 17.5. The lowest BCUT2D eigenvalue weighted by atomic mass is 10.0. The number of rotatable bonds is 3. The predicted molar refractivity (Wildman–Crippen MR) is 111 cm³/mol. The van der Waals surface area contributed by atoms with E-state index in [0.29, 0.717) is 37.3 Å². The standard InChI is InChI=1S/C20H21ClFN3O3S/c1-23-18-7-2-3-8-19(18)25(29(23,27)28)14-9-11-24(12-10-14)20(26)13-15-16(21)5-4-6-17(15)22/h2-8,14H,9-13H2,1H3. The molecule has 29 heavy (non-hydrogen) atoms. The summed E-state index contributed by atoms with van der Waals surface area (Å²) in [5, 5.41) is 0.232. The first-order valence-corrected chi connectivity index (χ1v) is 11.2. The van der Waals surface area contributed by atoms with E-state index in [0.717, 1.165) is 0 Å². The van der Waals surface area contributed by atoms with Crippen LogP contribution >= 0.6 is 11.6 Å². The molecule has 1 fully saturated rings. The Morgan fingerprint density at radius 3 is 2.41 bits per heavy atom. The van der Waals surface area contributed by atoms with Gasteiger partial charge in [0.15, 0.2) is 0 Å². The molecule has 0 aromatic heterocycles. The average Bonchev–Trinajstić information content (AvgIpc) is 2.91. The van der Waals surface area contributed by atoms with Gasteiger partial charge in [-0.1, -0.05) is 29.8 Å². The van der Waals surface area contributed by atoms with E-state index in [1.54, 1.807) is 30.1 Å². The summed E-state index contributed by atoms with van der Waals surface area (Å²) in [5.41, 5.74) is 1.51. The monoisotopic (exact) mass is 437 g/mol. The minimum Gasteiger partial charge on any atom is -0.342 e. The van der Waals surface area contributed by atoms with Gasteiger partial charge in [0.05, 0.1) is 23.8 Å². The number of anilines is 2. The summed E-state index contributed by atoms with van der Waals surface area (Å²) in [6.07, 6.45) is 0.917. The maximum absolute atomic E-state index is 14.0. The minimum atomic E-state index is -3.63. The minimum absolute atomic E-state index is 0.107. The summed E-state index contributed by atoms with van der Waals surface area (Å²) in [7, 11) is -2.08. The summed E-state index contributed by atoms with van der Waals surface area (Å²) < 4.78 is 42.5. The second kappa shape index (κ2) is 7.50. The van der Waals surface area contributed by atoms with E-state index in [-0.39, 0.29) is 29.0 Å². The van der Waals surface area contributed by atoms with Crippen molar-refractivity contribution >= 4 is 39.1 Å². The van der Waals surface area contributed by atoms with Crippen molar-refractivity contribution in [2.24, 2.45) is 0 Å². The number of hydrogen-bond acceptors (Lipinski definition) is 3. The quantitative estimate of drug-likeness (QED) is 0.740. The van der Waals surface area contributed by atoms with Crippen LogP contribution in [0.1, 0.15) is 18.4 Å². The molecule has 0 N–H and O–H groups in total. The first-order chi connectivity index (χ1) is 13.8. The summed E-state index contributed by atoms with van der Waals surface area (Å²) in [4.78, 5) is 14.3. The number of halogens is 2. The Labute approximate surface area is 174 Å². The van der Waals surface area contributed by atoms with Crippen LogP contribution in [-0.4, -0.2) is 45.4 Å². The van der Waals surface area contributed by atoms with Crippen molar-refractivity contribution in [3.63, 3.8) is 0 Å². The maximum Gasteiger partial charge on any atom is 0.326 e. The number of benzene rings is 2. The molecule has 1 amide bonds. The van der Waals surface area contributed by atoms with Gasteiger partial charge in [-0.3, -0.25) is 9.10 Å². The first kappa shape index (κ1) is 20.0. The van der Waals surface area contributed by atoms with Gasteiger partial charge in [-0.15, -0.1) is 0 Å². The van der Waals surface area contributed by atoms with Crippen molar-refractivity contribution in [1.82, 2.24) is 4.90 Å². The number of para-hydroxylation sites is 2. The van der Waals surface area contributed by atoms with Crippen LogP contribution in [0.25, 0.3) is 0 Å². The van der Waals surface area contributed by atoms with E-state index < -0.39 is 16.0 Å². The molecule has 2 aromatic carbocycles. The second-order valence-corrected chi connectivity index (χ2v) is 9.49. The predicted octanol–water partition coefficient (Wildman–Crippen LogP) is 3.21. The summed E-state index contributed by atoms with van der Waals surface area (Å²) in [6.45, 7) is 0.820. The molecule has 2 aromatic rings. The van der Waals surface area contributed by atoms with Crippen molar-refractivity contribution in [3.8, 4) is 0 Å². The number of piperidine rings is 1. The normalized spacial score (nSPS) is 18.8. The molecule has 0 saturated carbocycles. The fourth-order valence-corrected chi connectivity index (χ4v) is 5.88. The van der Waals surface area contributed by atoms with Gasteiger partial charge in [-0.05, 0) is 37.1 Å². The number of hydrogen-bond donors (Lipinski definition) is 0. The van der Waals surface area contributed by atoms with Gasteiger partial charge < -0.3 is 4.90 Å². The van der Waals surface area contributed by atoms with E-state index in [1.165, 1.54) is 20.7 Å². The lowest BCUT2D eigenvalue weighted by molar-refractivity contribution is -0.131. The highest BCUT2D eigenvalue weighted by molar-refractivity contribution is 7.94.